The van der Waals surface area contributed by atoms with Crippen molar-refractivity contribution in [2.75, 3.05) is 45.8 Å². The zero-order chi connectivity index (χ0) is 13.7. The summed E-state index contributed by atoms with van der Waals surface area (Å²) >= 11 is 0. The summed E-state index contributed by atoms with van der Waals surface area (Å²) in [6.07, 6.45) is 2.05. The van der Waals surface area contributed by atoms with Crippen LogP contribution in [0.25, 0.3) is 0 Å². The molecule has 6 nitrogen and oxygen atoms in total. The highest BCUT2D eigenvalue weighted by Gasteiger charge is 2.29. The van der Waals surface area contributed by atoms with Crippen LogP contribution in [0.4, 0.5) is 0 Å². The molecule has 0 spiro atoms. The van der Waals surface area contributed by atoms with Crippen LogP contribution in [0.3, 0.4) is 0 Å². The first-order chi connectivity index (χ1) is 9.20. The molecule has 2 rings (SSSR count). The van der Waals surface area contributed by atoms with E-state index in [2.05, 4.69) is 15.5 Å². The number of hydrogen-bond acceptors (Lipinski definition) is 4. The number of hydrogen-bond donors (Lipinski definition) is 2. The first-order valence-corrected chi connectivity index (χ1v) is 7.22. The van der Waals surface area contributed by atoms with Crippen molar-refractivity contribution in [3.63, 3.8) is 0 Å². The summed E-state index contributed by atoms with van der Waals surface area (Å²) in [7, 11) is 0. The Kier molecular flexibility index (Phi) is 5.15. The Balaban J connectivity index is 1.72. The van der Waals surface area contributed by atoms with Gasteiger partial charge in [0.25, 0.3) is 0 Å². The van der Waals surface area contributed by atoms with Crippen molar-refractivity contribution >= 4 is 11.8 Å². The summed E-state index contributed by atoms with van der Waals surface area (Å²) in [5.41, 5.74) is 0. The molecule has 19 heavy (non-hydrogen) atoms. The molecule has 2 saturated heterocycles. The van der Waals surface area contributed by atoms with Gasteiger partial charge in [0.15, 0.2) is 0 Å². The summed E-state index contributed by atoms with van der Waals surface area (Å²) in [5, 5.41) is 6.05. The summed E-state index contributed by atoms with van der Waals surface area (Å²) < 4.78 is 0. The Morgan fingerprint density at radius 1 is 1.26 bits per heavy atom. The SMILES string of the molecule is CCNC(=O)CN1CCN(C(=O)C2CCCN2)CC1. The van der Waals surface area contributed by atoms with E-state index >= 15 is 0 Å². The second kappa shape index (κ2) is 6.86. The van der Waals surface area contributed by atoms with Gasteiger partial charge in [0.1, 0.15) is 0 Å². The summed E-state index contributed by atoms with van der Waals surface area (Å²) in [6.45, 7) is 7.02. The van der Waals surface area contributed by atoms with Crippen molar-refractivity contribution in [2.24, 2.45) is 0 Å². The maximum absolute atomic E-state index is 12.2. The summed E-state index contributed by atoms with van der Waals surface area (Å²) in [6, 6.07) is 0.0231. The number of carbonyl (C=O) groups is 2. The normalized spacial score (nSPS) is 24.5. The molecule has 0 aromatic rings. The molecule has 0 aromatic heterocycles. The second-order valence-corrected chi connectivity index (χ2v) is 5.20. The molecule has 6 heteroatoms. The third-order valence-corrected chi connectivity index (χ3v) is 3.78. The lowest BCUT2D eigenvalue weighted by Crippen LogP contribution is -2.54. The van der Waals surface area contributed by atoms with Crippen molar-refractivity contribution < 1.29 is 9.59 Å². The molecule has 0 bridgehead atoms. The Labute approximate surface area is 114 Å². The van der Waals surface area contributed by atoms with E-state index in [1.54, 1.807) is 0 Å². The van der Waals surface area contributed by atoms with Gasteiger partial charge in [-0.1, -0.05) is 0 Å². The van der Waals surface area contributed by atoms with Gasteiger partial charge in [-0.15, -0.1) is 0 Å². The number of rotatable bonds is 4. The quantitative estimate of drug-likeness (QED) is 0.688. The first kappa shape index (κ1) is 14.3. The number of nitrogens with zero attached hydrogens (tertiary/aromatic N) is 2. The maximum atomic E-state index is 12.2. The highest BCUT2D eigenvalue weighted by atomic mass is 16.2. The molecule has 0 radical (unpaired) electrons. The molecule has 2 N–H and O–H groups in total. The van der Waals surface area contributed by atoms with E-state index in [1.807, 2.05) is 11.8 Å². The number of nitrogens with one attached hydrogen (secondary N) is 2. The number of piperazine rings is 1. The van der Waals surface area contributed by atoms with E-state index in [9.17, 15) is 9.59 Å². The fourth-order valence-electron chi connectivity index (χ4n) is 2.70. The van der Waals surface area contributed by atoms with E-state index in [4.69, 9.17) is 0 Å². The zero-order valence-corrected chi connectivity index (χ0v) is 11.7. The van der Waals surface area contributed by atoms with E-state index in [0.717, 1.165) is 45.6 Å². The molecule has 2 amide bonds. The first-order valence-electron chi connectivity index (χ1n) is 7.22. The van der Waals surface area contributed by atoms with E-state index < -0.39 is 0 Å². The monoisotopic (exact) mass is 268 g/mol. The van der Waals surface area contributed by atoms with Crippen LogP contribution in [0.15, 0.2) is 0 Å². The molecular weight excluding hydrogens is 244 g/mol. The molecule has 0 saturated carbocycles. The van der Waals surface area contributed by atoms with Gasteiger partial charge in [-0.3, -0.25) is 14.5 Å². The maximum Gasteiger partial charge on any atom is 0.239 e. The predicted molar refractivity (Wildman–Crippen MR) is 72.7 cm³/mol. The molecule has 0 aromatic carbocycles. The van der Waals surface area contributed by atoms with Gasteiger partial charge in [0, 0.05) is 32.7 Å². The van der Waals surface area contributed by atoms with Gasteiger partial charge in [-0.25, -0.2) is 0 Å². The number of likely N-dealkylation sites (N-methyl/N-ethyl adjacent to an activating group) is 1. The lowest BCUT2D eigenvalue weighted by Gasteiger charge is -2.35. The van der Waals surface area contributed by atoms with Crippen molar-refractivity contribution in [3.8, 4) is 0 Å². The largest absolute Gasteiger partial charge is 0.355 e. The Hall–Kier alpha value is -1.14. The highest BCUT2D eigenvalue weighted by molar-refractivity contribution is 5.82. The van der Waals surface area contributed by atoms with Crippen LogP contribution < -0.4 is 10.6 Å². The van der Waals surface area contributed by atoms with Gasteiger partial charge >= 0.3 is 0 Å². The van der Waals surface area contributed by atoms with E-state index in [0.29, 0.717) is 13.1 Å². The average molecular weight is 268 g/mol. The van der Waals surface area contributed by atoms with Crippen molar-refractivity contribution in [1.29, 1.82) is 0 Å². The molecule has 108 valence electrons. The molecule has 1 unspecified atom stereocenters. The minimum absolute atomic E-state index is 0.0231. The van der Waals surface area contributed by atoms with E-state index in [1.165, 1.54) is 0 Å². The summed E-state index contributed by atoms with van der Waals surface area (Å²) in [5.74, 6) is 0.301. The standard InChI is InChI=1S/C13H24N4O2/c1-2-14-12(18)10-16-6-8-17(9-7-16)13(19)11-4-3-5-15-11/h11,15H,2-10H2,1H3,(H,14,18). The molecule has 0 aliphatic carbocycles. The van der Waals surface area contributed by atoms with Gasteiger partial charge in [-0.2, -0.15) is 0 Å². The van der Waals surface area contributed by atoms with Crippen LogP contribution >= 0.6 is 0 Å². The second-order valence-electron chi connectivity index (χ2n) is 5.20. The fraction of sp³-hybridized carbons (Fsp3) is 0.846. The van der Waals surface area contributed by atoms with Crippen LogP contribution in [-0.4, -0.2) is 73.5 Å². The Morgan fingerprint density at radius 3 is 2.58 bits per heavy atom. The number of amides is 2. The minimum Gasteiger partial charge on any atom is -0.355 e. The topological polar surface area (TPSA) is 64.7 Å². The van der Waals surface area contributed by atoms with Gasteiger partial charge in [0.2, 0.25) is 11.8 Å². The van der Waals surface area contributed by atoms with Crippen LogP contribution in [0.2, 0.25) is 0 Å². The van der Waals surface area contributed by atoms with Crippen LogP contribution in [-0.2, 0) is 9.59 Å². The molecular formula is C13H24N4O2. The van der Waals surface area contributed by atoms with Gasteiger partial charge in [0.05, 0.1) is 12.6 Å². The lowest BCUT2D eigenvalue weighted by molar-refractivity contribution is -0.135. The van der Waals surface area contributed by atoms with Crippen molar-refractivity contribution in [3.05, 3.63) is 0 Å². The molecule has 2 aliphatic heterocycles. The Morgan fingerprint density at radius 2 is 2.00 bits per heavy atom. The van der Waals surface area contributed by atoms with Crippen molar-refractivity contribution in [2.45, 2.75) is 25.8 Å². The third-order valence-electron chi connectivity index (χ3n) is 3.78. The summed E-state index contributed by atoms with van der Waals surface area (Å²) in [4.78, 5) is 27.7. The predicted octanol–water partition coefficient (Wildman–Crippen LogP) is -0.981. The lowest BCUT2D eigenvalue weighted by atomic mass is 10.2. The number of carbonyl (C=O) groups excluding carboxylic acids is 2. The fourth-order valence-corrected chi connectivity index (χ4v) is 2.70. The van der Waals surface area contributed by atoms with E-state index in [-0.39, 0.29) is 17.9 Å². The van der Waals surface area contributed by atoms with Gasteiger partial charge < -0.3 is 15.5 Å². The van der Waals surface area contributed by atoms with Gasteiger partial charge in [-0.05, 0) is 26.3 Å². The Bertz CT molecular complexity index is 321. The smallest absolute Gasteiger partial charge is 0.239 e. The highest BCUT2D eigenvalue weighted by Crippen LogP contribution is 2.10. The van der Waals surface area contributed by atoms with Crippen LogP contribution in [0.1, 0.15) is 19.8 Å². The molecule has 2 heterocycles. The van der Waals surface area contributed by atoms with Crippen molar-refractivity contribution in [1.82, 2.24) is 20.4 Å². The average Bonchev–Trinajstić information content (AvgIpc) is 2.93. The third kappa shape index (κ3) is 3.91. The van der Waals surface area contributed by atoms with Crippen LogP contribution in [0, 0.1) is 0 Å². The molecule has 1 atom stereocenters. The van der Waals surface area contributed by atoms with Crippen LogP contribution in [0.5, 0.6) is 0 Å². The zero-order valence-electron chi connectivity index (χ0n) is 11.7. The minimum atomic E-state index is 0.0231. The molecule has 2 aliphatic rings. The molecule has 2 fully saturated rings.